The van der Waals surface area contributed by atoms with Gasteiger partial charge < -0.3 is 10.4 Å². The summed E-state index contributed by atoms with van der Waals surface area (Å²) in [5.41, 5.74) is 0. The molecular weight excluding hydrogens is 174 g/mol. The van der Waals surface area contributed by atoms with E-state index in [4.69, 9.17) is 5.11 Å². The van der Waals surface area contributed by atoms with E-state index < -0.39 is 0 Å². The number of aliphatic hydroxyl groups excluding tert-OH is 1. The van der Waals surface area contributed by atoms with Crippen LogP contribution < -0.4 is 5.32 Å². The summed E-state index contributed by atoms with van der Waals surface area (Å²) in [6.45, 7) is 12.6. The summed E-state index contributed by atoms with van der Waals surface area (Å²) in [5, 5.41) is 12.5. The molecule has 0 radical (unpaired) electrons. The molecule has 4 atom stereocenters. The lowest BCUT2D eigenvalue weighted by molar-refractivity contribution is 0.195. The highest BCUT2D eigenvalue weighted by Crippen LogP contribution is 2.11. The van der Waals surface area contributed by atoms with Crippen LogP contribution in [0.1, 0.15) is 34.1 Å². The third-order valence-electron chi connectivity index (χ3n) is 3.06. The molecule has 0 bridgehead atoms. The summed E-state index contributed by atoms with van der Waals surface area (Å²) < 4.78 is 0. The second-order valence-electron chi connectivity index (χ2n) is 4.41. The molecule has 0 spiro atoms. The largest absolute Gasteiger partial charge is 0.396 e. The van der Waals surface area contributed by atoms with Crippen molar-refractivity contribution in [3.8, 4) is 0 Å². The van der Waals surface area contributed by atoms with E-state index in [1.807, 2.05) is 6.08 Å². The van der Waals surface area contributed by atoms with Gasteiger partial charge in [-0.1, -0.05) is 19.9 Å². The Morgan fingerprint density at radius 1 is 1.14 bits per heavy atom. The molecule has 0 saturated carbocycles. The average molecular weight is 199 g/mol. The van der Waals surface area contributed by atoms with Crippen molar-refractivity contribution in [2.24, 2.45) is 11.8 Å². The molecule has 0 aromatic heterocycles. The van der Waals surface area contributed by atoms with E-state index in [1.54, 1.807) is 0 Å². The Kier molecular flexibility index (Phi) is 6.85. The fraction of sp³-hybridized carbons (Fsp3) is 0.833. The minimum Gasteiger partial charge on any atom is -0.396 e. The van der Waals surface area contributed by atoms with Gasteiger partial charge in [0.2, 0.25) is 0 Å². The Labute approximate surface area is 88.4 Å². The number of hydrogen-bond donors (Lipinski definition) is 2. The van der Waals surface area contributed by atoms with Gasteiger partial charge in [-0.15, -0.1) is 6.58 Å². The Balaban J connectivity index is 3.91. The Hall–Kier alpha value is -0.340. The first-order chi connectivity index (χ1) is 6.52. The molecule has 4 unspecified atom stereocenters. The monoisotopic (exact) mass is 199 g/mol. The van der Waals surface area contributed by atoms with Crippen LogP contribution in [0.4, 0.5) is 0 Å². The predicted octanol–water partition coefficient (Wildman–Crippen LogP) is 2.19. The van der Waals surface area contributed by atoms with E-state index in [1.165, 1.54) is 0 Å². The van der Waals surface area contributed by atoms with Crippen LogP contribution in [0, 0.1) is 11.8 Å². The van der Waals surface area contributed by atoms with Gasteiger partial charge >= 0.3 is 0 Å². The van der Waals surface area contributed by atoms with Crippen LogP contribution in [0.5, 0.6) is 0 Å². The van der Waals surface area contributed by atoms with Gasteiger partial charge in [0.15, 0.2) is 0 Å². The molecule has 0 aromatic rings. The highest BCUT2D eigenvalue weighted by Gasteiger charge is 2.16. The van der Waals surface area contributed by atoms with E-state index in [-0.39, 0.29) is 6.61 Å². The second-order valence-corrected chi connectivity index (χ2v) is 4.41. The SMILES string of the molecule is C=CCC(C)C(C)NC(C)C(C)CO. The Bertz CT molecular complexity index is 158. The normalized spacial score (nSPS) is 19.8. The van der Waals surface area contributed by atoms with Crippen LogP contribution in [0.25, 0.3) is 0 Å². The molecule has 2 nitrogen and oxygen atoms in total. The second kappa shape index (κ2) is 7.02. The van der Waals surface area contributed by atoms with Crippen LogP contribution in [-0.2, 0) is 0 Å². The summed E-state index contributed by atoms with van der Waals surface area (Å²) in [6, 6.07) is 0.833. The minimum atomic E-state index is 0.247. The van der Waals surface area contributed by atoms with Gasteiger partial charge in [0.05, 0.1) is 0 Å². The van der Waals surface area contributed by atoms with Gasteiger partial charge in [-0.2, -0.15) is 0 Å². The van der Waals surface area contributed by atoms with Crippen molar-refractivity contribution in [3.63, 3.8) is 0 Å². The number of nitrogens with one attached hydrogen (secondary N) is 1. The summed E-state index contributed by atoms with van der Waals surface area (Å²) in [5.74, 6) is 0.911. The molecule has 0 aromatic carbocycles. The Morgan fingerprint density at radius 3 is 2.07 bits per heavy atom. The molecule has 0 aliphatic carbocycles. The van der Waals surface area contributed by atoms with Crippen LogP contribution in [-0.4, -0.2) is 23.8 Å². The molecule has 0 aliphatic rings. The first-order valence-corrected chi connectivity index (χ1v) is 5.50. The van der Waals surface area contributed by atoms with Crippen molar-refractivity contribution >= 4 is 0 Å². The molecule has 14 heavy (non-hydrogen) atoms. The van der Waals surface area contributed by atoms with E-state index in [9.17, 15) is 0 Å². The lowest BCUT2D eigenvalue weighted by atomic mass is 9.97. The first-order valence-electron chi connectivity index (χ1n) is 5.50. The zero-order valence-electron chi connectivity index (χ0n) is 9.96. The Morgan fingerprint density at radius 2 is 1.64 bits per heavy atom. The van der Waals surface area contributed by atoms with Crippen molar-refractivity contribution in [2.45, 2.75) is 46.2 Å². The highest BCUT2D eigenvalue weighted by atomic mass is 16.3. The molecule has 84 valence electrons. The molecule has 2 heteroatoms. The van der Waals surface area contributed by atoms with Gasteiger partial charge in [0, 0.05) is 18.7 Å². The smallest absolute Gasteiger partial charge is 0.0471 e. The molecule has 2 N–H and O–H groups in total. The lowest BCUT2D eigenvalue weighted by Gasteiger charge is -2.27. The van der Waals surface area contributed by atoms with Gasteiger partial charge in [-0.3, -0.25) is 0 Å². The van der Waals surface area contributed by atoms with Crippen molar-refractivity contribution in [3.05, 3.63) is 12.7 Å². The quantitative estimate of drug-likeness (QED) is 0.616. The van der Waals surface area contributed by atoms with Gasteiger partial charge in [0.25, 0.3) is 0 Å². The maximum Gasteiger partial charge on any atom is 0.0471 e. The molecule has 0 aliphatic heterocycles. The highest BCUT2D eigenvalue weighted by molar-refractivity contribution is 4.80. The zero-order chi connectivity index (χ0) is 11.1. The summed E-state index contributed by atoms with van der Waals surface area (Å²) >= 11 is 0. The van der Waals surface area contributed by atoms with Crippen molar-refractivity contribution in [1.29, 1.82) is 0 Å². The third kappa shape index (κ3) is 4.77. The average Bonchev–Trinajstić information content (AvgIpc) is 2.16. The van der Waals surface area contributed by atoms with Crippen LogP contribution in [0.15, 0.2) is 12.7 Å². The molecule has 0 amide bonds. The molecule has 0 heterocycles. The number of rotatable bonds is 7. The summed E-state index contributed by atoms with van der Waals surface area (Å²) in [7, 11) is 0. The van der Waals surface area contributed by atoms with Crippen molar-refractivity contribution < 1.29 is 5.11 Å². The topological polar surface area (TPSA) is 32.3 Å². The summed E-state index contributed by atoms with van der Waals surface area (Å²) in [6.07, 6.45) is 3.00. The number of hydrogen-bond acceptors (Lipinski definition) is 2. The molecule has 0 rings (SSSR count). The van der Waals surface area contributed by atoms with Gasteiger partial charge in [-0.05, 0) is 32.1 Å². The molecule has 0 saturated heterocycles. The van der Waals surface area contributed by atoms with Gasteiger partial charge in [-0.25, -0.2) is 0 Å². The van der Waals surface area contributed by atoms with Crippen LogP contribution in [0.2, 0.25) is 0 Å². The van der Waals surface area contributed by atoms with E-state index >= 15 is 0 Å². The maximum atomic E-state index is 9.00. The van der Waals surface area contributed by atoms with Crippen molar-refractivity contribution in [2.75, 3.05) is 6.61 Å². The van der Waals surface area contributed by atoms with E-state index in [2.05, 4.69) is 39.6 Å². The molecule has 0 fully saturated rings. The standard InChI is InChI=1S/C12H25NO/c1-6-7-9(2)11(4)13-12(5)10(3)8-14/h6,9-14H,1,7-8H2,2-5H3. The van der Waals surface area contributed by atoms with Gasteiger partial charge in [0.1, 0.15) is 0 Å². The van der Waals surface area contributed by atoms with E-state index in [0.29, 0.717) is 23.9 Å². The minimum absolute atomic E-state index is 0.247. The van der Waals surface area contributed by atoms with Crippen LogP contribution >= 0.6 is 0 Å². The fourth-order valence-electron chi connectivity index (χ4n) is 1.37. The first kappa shape index (κ1) is 13.7. The molecular formula is C12H25NO. The maximum absolute atomic E-state index is 9.00. The summed E-state index contributed by atoms with van der Waals surface area (Å²) in [4.78, 5) is 0. The zero-order valence-corrected chi connectivity index (χ0v) is 9.96. The third-order valence-corrected chi connectivity index (χ3v) is 3.06. The predicted molar refractivity (Wildman–Crippen MR) is 62.3 cm³/mol. The van der Waals surface area contributed by atoms with E-state index in [0.717, 1.165) is 6.42 Å². The van der Waals surface area contributed by atoms with Crippen molar-refractivity contribution in [1.82, 2.24) is 5.32 Å². The fourth-order valence-corrected chi connectivity index (χ4v) is 1.37. The van der Waals surface area contributed by atoms with Crippen LogP contribution in [0.3, 0.4) is 0 Å². The number of allylic oxidation sites excluding steroid dienone is 1. The number of aliphatic hydroxyl groups is 1. The lowest BCUT2D eigenvalue weighted by Crippen LogP contribution is -2.42.